The Bertz CT molecular complexity index is 547. The van der Waals surface area contributed by atoms with Gasteiger partial charge in [-0.05, 0) is 32.0 Å². The fourth-order valence-corrected chi connectivity index (χ4v) is 1.86. The number of H-pyrrole nitrogens is 1. The molecule has 1 amide bonds. The van der Waals surface area contributed by atoms with E-state index in [0.717, 1.165) is 0 Å². The van der Waals surface area contributed by atoms with Gasteiger partial charge in [-0.15, -0.1) is 0 Å². The average molecular weight is 246 g/mol. The van der Waals surface area contributed by atoms with Crippen molar-refractivity contribution >= 4 is 5.91 Å². The van der Waals surface area contributed by atoms with Gasteiger partial charge in [0.25, 0.3) is 5.91 Å². The minimum Gasteiger partial charge on any atom is -0.357 e. The zero-order chi connectivity index (χ0) is 13.2. The number of benzene rings is 1. The molecule has 0 atom stereocenters. The van der Waals surface area contributed by atoms with Crippen LogP contribution in [-0.4, -0.2) is 10.9 Å². The molecule has 0 spiro atoms. The van der Waals surface area contributed by atoms with E-state index >= 15 is 0 Å². The van der Waals surface area contributed by atoms with Crippen LogP contribution in [0.15, 0.2) is 42.6 Å². The average Bonchev–Trinajstić information content (AvgIpc) is 2.82. The van der Waals surface area contributed by atoms with E-state index in [1.807, 2.05) is 0 Å². The molecule has 0 bridgehead atoms. The van der Waals surface area contributed by atoms with Crippen LogP contribution in [0, 0.1) is 5.82 Å². The number of hydrogen-bond donors (Lipinski definition) is 2. The molecule has 0 aliphatic rings. The van der Waals surface area contributed by atoms with E-state index in [9.17, 15) is 9.18 Å². The van der Waals surface area contributed by atoms with Crippen LogP contribution in [0.25, 0.3) is 0 Å². The summed E-state index contributed by atoms with van der Waals surface area (Å²) in [5.41, 5.74) is 0.150. The van der Waals surface area contributed by atoms with Gasteiger partial charge in [0.05, 0.1) is 5.54 Å². The van der Waals surface area contributed by atoms with E-state index < -0.39 is 5.54 Å². The minimum atomic E-state index is -0.770. The topological polar surface area (TPSA) is 44.9 Å². The van der Waals surface area contributed by atoms with Gasteiger partial charge >= 0.3 is 0 Å². The Kier molecular flexibility index (Phi) is 3.19. The summed E-state index contributed by atoms with van der Waals surface area (Å²) in [5, 5.41) is 2.81. The first-order valence-corrected chi connectivity index (χ1v) is 5.71. The number of halogens is 1. The zero-order valence-electron chi connectivity index (χ0n) is 10.3. The second kappa shape index (κ2) is 4.64. The van der Waals surface area contributed by atoms with Crippen molar-refractivity contribution in [2.75, 3.05) is 0 Å². The van der Waals surface area contributed by atoms with Crippen molar-refractivity contribution in [2.24, 2.45) is 0 Å². The Morgan fingerprint density at radius 3 is 2.56 bits per heavy atom. The number of carbonyl (C=O) groups excluding carboxylic acids is 1. The first kappa shape index (κ1) is 12.4. The van der Waals surface area contributed by atoms with Gasteiger partial charge < -0.3 is 10.3 Å². The van der Waals surface area contributed by atoms with E-state index in [1.54, 1.807) is 50.4 Å². The molecule has 2 N–H and O–H groups in total. The van der Waals surface area contributed by atoms with Gasteiger partial charge in [0, 0.05) is 11.8 Å². The molecule has 0 saturated carbocycles. The maximum absolute atomic E-state index is 13.7. The molecule has 94 valence electrons. The largest absolute Gasteiger partial charge is 0.357 e. The predicted octanol–water partition coefficient (Wildman–Crippen LogP) is 2.82. The van der Waals surface area contributed by atoms with Crippen LogP contribution in [0.2, 0.25) is 0 Å². The first-order valence-electron chi connectivity index (χ1n) is 5.71. The predicted molar refractivity (Wildman–Crippen MR) is 67.7 cm³/mol. The Hall–Kier alpha value is -2.10. The highest BCUT2D eigenvalue weighted by atomic mass is 19.1. The van der Waals surface area contributed by atoms with Crippen LogP contribution in [0.1, 0.15) is 29.9 Å². The van der Waals surface area contributed by atoms with Crippen molar-refractivity contribution in [3.05, 3.63) is 59.7 Å². The molecule has 0 saturated heterocycles. The Labute approximate surface area is 105 Å². The second-order valence-corrected chi connectivity index (χ2v) is 4.64. The number of aromatic amines is 1. The third-order valence-electron chi connectivity index (χ3n) is 2.82. The second-order valence-electron chi connectivity index (χ2n) is 4.64. The lowest BCUT2D eigenvalue weighted by atomic mass is 9.93. The van der Waals surface area contributed by atoms with E-state index in [4.69, 9.17) is 0 Å². The number of aromatic nitrogens is 1. The highest BCUT2D eigenvalue weighted by Crippen LogP contribution is 2.23. The normalized spacial score (nSPS) is 11.3. The number of amides is 1. The molecule has 1 aromatic heterocycles. The van der Waals surface area contributed by atoms with E-state index in [1.165, 1.54) is 6.07 Å². The van der Waals surface area contributed by atoms with Crippen LogP contribution >= 0.6 is 0 Å². The van der Waals surface area contributed by atoms with Crippen LogP contribution in [0.4, 0.5) is 4.39 Å². The Morgan fingerprint density at radius 2 is 1.94 bits per heavy atom. The number of nitrogens with one attached hydrogen (secondary N) is 2. The van der Waals surface area contributed by atoms with Gasteiger partial charge in [0.2, 0.25) is 0 Å². The number of rotatable bonds is 3. The van der Waals surface area contributed by atoms with Gasteiger partial charge in [0.1, 0.15) is 11.5 Å². The SMILES string of the molecule is CC(C)(NC(=O)c1ccc[nH]1)c1ccccc1F. The Morgan fingerprint density at radius 1 is 1.22 bits per heavy atom. The van der Waals surface area contributed by atoms with Gasteiger partial charge in [0.15, 0.2) is 0 Å². The third kappa shape index (κ3) is 2.42. The van der Waals surface area contributed by atoms with Crippen molar-refractivity contribution in [2.45, 2.75) is 19.4 Å². The smallest absolute Gasteiger partial charge is 0.268 e. The molecule has 0 radical (unpaired) electrons. The molecule has 0 unspecified atom stereocenters. The lowest BCUT2D eigenvalue weighted by Gasteiger charge is -2.27. The van der Waals surface area contributed by atoms with E-state index in [0.29, 0.717) is 11.3 Å². The summed E-state index contributed by atoms with van der Waals surface area (Å²) in [7, 11) is 0. The molecule has 3 nitrogen and oxygen atoms in total. The maximum Gasteiger partial charge on any atom is 0.268 e. The first-order chi connectivity index (χ1) is 8.50. The van der Waals surface area contributed by atoms with Crippen molar-refractivity contribution in [3.63, 3.8) is 0 Å². The highest BCUT2D eigenvalue weighted by Gasteiger charge is 2.26. The number of hydrogen-bond acceptors (Lipinski definition) is 1. The molecular formula is C14H15FN2O. The molecular weight excluding hydrogens is 231 g/mol. The van der Waals surface area contributed by atoms with Crippen molar-refractivity contribution in [3.8, 4) is 0 Å². The molecule has 0 aliphatic heterocycles. The molecule has 18 heavy (non-hydrogen) atoms. The fourth-order valence-electron chi connectivity index (χ4n) is 1.86. The van der Waals surface area contributed by atoms with Crippen molar-refractivity contribution in [1.29, 1.82) is 0 Å². The quantitative estimate of drug-likeness (QED) is 0.859. The molecule has 2 aromatic rings. The van der Waals surface area contributed by atoms with Gasteiger partial charge in [-0.2, -0.15) is 0 Å². The standard InChI is InChI=1S/C14H15FN2O/c1-14(2,10-6-3-4-7-11(10)15)17-13(18)12-8-5-9-16-12/h3-9,16H,1-2H3,(H,17,18). The van der Waals surface area contributed by atoms with Crippen LogP contribution < -0.4 is 5.32 Å². The lowest BCUT2D eigenvalue weighted by molar-refractivity contribution is 0.0906. The zero-order valence-corrected chi connectivity index (χ0v) is 10.3. The summed E-state index contributed by atoms with van der Waals surface area (Å²) in [6, 6.07) is 9.85. The monoisotopic (exact) mass is 246 g/mol. The van der Waals surface area contributed by atoms with Gasteiger partial charge in [-0.25, -0.2) is 4.39 Å². The van der Waals surface area contributed by atoms with Gasteiger partial charge in [-0.1, -0.05) is 18.2 Å². The number of carbonyl (C=O) groups is 1. The lowest BCUT2D eigenvalue weighted by Crippen LogP contribution is -2.41. The summed E-state index contributed by atoms with van der Waals surface area (Å²) >= 11 is 0. The summed E-state index contributed by atoms with van der Waals surface area (Å²) in [6.07, 6.45) is 1.67. The van der Waals surface area contributed by atoms with Gasteiger partial charge in [-0.3, -0.25) is 4.79 Å². The van der Waals surface area contributed by atoms with E-state index in [2.05, 4.69) is 10.3 Å². The molecule has 1 aromatic carbocycles. The molecule has 2 rings (SSSR count). The summed E-state index contributed by atoms with van der Waals surface area (Å²) in [6.45, 7) is 3.54. The minimum absolute atomic E-state index is 0.256. The fraction of sp³-hybridized carbons (Fsp3) is 0.214. The maximum atomic E-state index is 13.7. The summed E-state index contributed by atoms with van der Waals surface area (Å²) in [5.74, 6) is -0.581. The summed E-state index contributed by atoms with van der Waals surface area (Å²) in [4.78, 5) is 14.8. The molecule has 0 aliphatic carbocycles. The molecule has 0 fully saturated rings. The van der Waals surface area contributed by atoms with Crippen molar-refractivity contribution < 1.29 is 9.18 Å². The molecule has 1 heterocycles. The summed E-state index contributed by atoms with van der Waals surface area (Å²) < 4.78 is 13.7. The van der Waals surface area contributed by atoms with Crippen LogP contribution in [-0.2, 0) is 5.54 Å². The van der Waals surface area contributed by atoms with Crippen molar-refractivity contribution in [1.82, 2.24) is 10.3 Å². The van der Waals surface area contributed by atoms with Crippen LogP contribution in [0.3, 0.4) is 0 Å². The van der Waals surface area contributed by atoms with E-state index in [-0.39, 0.29) is 11.7 Å². The molecule has 4 heteroatoms. The Balaban J connectivity index is 2.22. The van der Waals surface area contributed by atoms with Crippen LogP contribution in [0.5, 0.6) is 0 Å². The highest BCUT2D eigenvalue weighted by molar-refractivity contribution is 5.92. The third-order valence-corrected chi connectivity index (χ3v) is 2.82.